The molecule has 1 atom stereocenters. The van der Waals surface area contributed by atoms with E-state index in [1.165, 1.54) is 41.3 Å². The number of unbranched alkanes of at least 4 members (excludes halogenated alkanes) is 1. The number of fused-ring (bicyclic) bond motifs is 1. The molecule has 1 aliphatic heterocycles. The number of benzene rings is 1. The van der Waals surface area contributed by atoms with E-state index in [1.54, 1.807) is 0 Å². The van der Waals surface area contributed by atoms with Crippen LogP contribution >= 0.6 is 31.9 Å². The van der Waals surface area contributed by atoms with Gasteiger partial charge in [0.05, 0.1) is 6.61 Å². The minimum atomic E-state index is 0.358. The predicted molar refractivity (Wildman–Crippen MR) is 93.1 cm³/mol. The van der Waals surface area contributed by atoms with E-state index in [4.69, 9.17) is 4.74 Å². The van der Waals surface area contributed by atoms with Gasteiger partial charge in [0.2, 0.25) is 0 Å². The molecule has 0 saturated carbocycles. The van der Waals surface area contributed by atoms with Crippen LogP contribution in [0.3, 0.4) is 0 Å². The third kappa shape index (κ3) is 3.59. The van der Waals surface area contributed by atoms with Crippen LogP contribution in [0.15, 0.2) is 16.6 Å². The Labute approximate surface area is 139 Å². The summed E-state index contributed by atoms with van der Waals surface area (Å²) in [5.74, 6) is 1.16. The molecule has 0 radical (unpaired) electrons. The minimum absolute atomic E-state index is 0.358. The van der Waals surface area contributed by atoms with Gasteiger partial charge in [0.1, 0.15) is 5.75 Å². The van der Waals surface area contributed by atoms with Crippen molar-refractivity contribution < 1.29 is 4.74 Å². The zero-order valence-corrected chi connectivity index (χ0v) is 15.6. The molecule has 0 amide bonds. The fourth-order valence-corrected chi connectivity index (χ4v) is 4.46. The first-order valence-corrected chi connectivity index (χ1v) is 9.55. The predicted octanol–water partition coefficient (Wildman–Crippen LogP) is 5.91. The number of ether oxygens (including phenoxy) is 1. The molecule has 112 valence electrons. The average Bonchev–Trinajstić information content (AvgIpc) is 2.91. The highest BCUT2D eigenvalue weighted by atomic mass is 79.9. The summed E-state index contributed by atoms with van der Waals surface area (Å²) in [5, 5.41) is 1.07. The summed E-state index contributed by atoms with van der Waals surface area (Å²) in [6.07, 6.45) is 7.21. The third-order valence-electron chi connectivity index (χ3n) is 4.48. The van der Waals surface area contributed by atoms with E-state index in [9.17, 15) is 0 Å². The molecule has 0 fully saturated rings. The monoisotopic (exact) mass is 402 g/mol. The van der Waals surface area contributed by atoms with Crippen LogP contribution in [-0.2, 0) is 12.8 Å². The molecule has 0 aliphatic carbocycles. The van der Waals surface area contributed by atoms with Crippen LogP contribution in [0.2, 0.25) is 0 Å². The zero-order chi connectivity index (χ0) is 14.6. The van der Waals surface area contributed by atoms with Gasteiger partial charge < -0.3 is 4.74 Å². The lowest BCUT2D eigenvalue weighted by Gasteiger charge is -2.31. The Hall–Kier alpha value is -0.0200. The highest BCUT2D eigenvalue weighted by molar-refractivity contribution is 9.10. The second-order valence-corrected chi connectivity index (χ2v) is 7.40. The molecule has 1 unspecified atom stereocenters. The van der Waals surface area contributed by atoms with Gasteiger partial charge in [-0.15, -0.1) is 0 Å². The maximum Gasteiger partial charge on any atom is 0.125 e. The van der Waals surface area contributed by atoms with Crippen molar-refractivity contribution in [2.45, 2.75) is 52.4 Å². The van der Waals surface area contributed by atoms with E-state index in [2.05, 4.69) is 57.8 Å². The molecule has 2 rings (SSSR count). The summed E-state index contributed by atoms with van der Waals surface area (Å²) < 4.78 is 7.07. The standard InChI is InChI=1S/C17H24Br2O/c1-3-5-7-17(4-2,12-18)11-14-10-15(19)9-13-6-8-20-16(13)14/h9-10H,3-8,11-12H2,1-2H3. The van der Waals surface area contributed by atoms with Crippen LogP contribution in [0.4, 0.5) is 0 Å². The normalized spacial score (nSPS) is 16.6. The largest absolute Gasteiger partial charge is 0.493 e. The van der Waals surface area contributed by atoms with Crippen molar-refractivity contribution in [1.82, 2.24) is 0 Å². The van der Waals surface area contributed by atoms with Crippen molar-refractivity contribution in [2.24, 2.45) is 5.41 Å². The van der Waals surface area contributed by atoms with Crippen LogP contribution in [0, 0.1) is 5.41 Å². The topological polar surface area (TPSA) is 9.23 Å². The maximum absolute atomic E-state index is 5.89. The van der Waals surface area contributed by atoms with Crippen molar-refractivity contribution >= 4 is 31.9 Å². The molecule has 20 heavy (non-hydrogen) atoms. The Morgan fingerprint density at radius 2 is 2.10 bits per heavy atom. The van der Waals surface area contributed by atoms with E-state index in [1.807, 2.05) is 0 Å². The van der Waals surface area contributed by atoms with Crippen molar-refractivity contribution in [1.29, 1.82) is 0 Å². The molecule has 0 saturated heterocycles. The molecule has 0 spiro atoms. The SMILES string of the molecule is CCCCC(CC)(CBr)Cc1cc(Br)cc2c1OCC2. The quantitative estimate of drug-likeness (QED) is 0.514. The van der Waals surface area contributed by atoms with Crippen molar-refractivity contribution in [3.8, 4) is 5.75 Å². The number of halogens is 2. The van der Waals surface area contributed by atoms with E-state index >= 15 is 0 Å². The van der Waals surface area contributed by atoms with Crippen molar-refractivity contribution in [3.05, 3.63) is 27.7 Å². The van der Waals surface area contributed by atoms with Gasteiger partial charge in [-0.3, -0.25) is 0 Å². The van der Waals surface area contributed by atoms with Crippen molar-refractivity contribution in [2.75, 3.05) is 11.9 Å². The lowest BCUT2D eigenvalue weighted by atomic mass is 9.76. The van der Waals surface area contributed by atoms with E-state index in [0.717, 1.165) is 30.5 Å². The fraction of sp³-hybridized carbons (Fsp3) is 0.647. The molecule has 0 N–H and O–H groups in total. The number of hydrogen-bond donors (Lipinski definition) is 0. The van der Waals surface area contributed by atoms with E-state index < -0.39 is 0 Å². The van der Waals surface area contributed by atoms with Crippen LogP contribution in [0.1, 0.15) is 50.7 Å². The number of hydrogen-bond acceptors (Lipinski definition) is 1. The third-order valence-corrected chi connectivity index (χ3v) is 6.13. The van der Waals surface area contributed by atoms with E-state index in [-0.39, 0.29) is 0 Å². The van der Waals surface area contributed by atoms with Crippen LogP contribution in [0.5, 0.6) is 5.75 Å². The van der Waals surface area contributed by atoms with E-state index in [0.29, 0.717) is 5.41 Å². The van der Waals surface area contributed by atoms with Crippen LogP contribution in [-0.4, -0.2) is 11.9 Å². The van der Waals surface area contributed by atoms with Gasteiger partial charge >= 0.3 is 0 Å². The average molecular weight is 404 g/mol. The molecule has 1 heterocycles. The molecule has 0 aromatic heterocycles. The number of alkyl halides is 1. The molecule has 1 nitrogen and oxygen atoms in total. The second kappa shape index (κ2) is 7.31. The molecule has 0 bridgehead atoms. The first-order valence-electron chi connectivity index (χ1n) is 7.64. The van der Waals surface area contributed by atoms with Gasteiger partial charge in [-0.2, -0.15) is 0 Å². The summed E-state index contributed by atoms with van der Waals surface area (Å²) in [6, 6.07) is 4.46. The highest BCUT2D eigenvalue weighted by Gasteiger charge is 2.29. The molecule has 1 aliphatic rings. The summed E-state index contributed by atoms with van der Waals surface area (Å²) in [4.78, 5) is 0. The summed E-state index contributed by atoms with van der Waals surface area (Å²) in [5.41, 5.74) is 3.10. The van der Waals surface area contributed by atoms with Gasteiger partial charge in [0.15, 0.2) is 0 Å². The minimum Gasteiger partial charge on any atom is -0.493 e. The smallest absolute Gasteiger partial charge is 0.125 e. The molecule has 1 aromatic rings. The number of rotatable bonds is 7. The van der Waals surface area contributed by atoms with Gasteiger partial charge in [-0.1, -0.05) is 58.5 Å². The Morgan fingerprint density at radius 3 is 2.75 bits per heavy atom. The first-order chi connectivity index (χ1) is 9.64. The Kier molecular flexibility index (Phi) is 5.97. The Morgan fingerprint density at radius 1 is 1.30 bits per heavy atom. The van der Waals surface area contributed by atoms with Gasteiger partial charge in [-0.05, 0) is 47.9 Å². The lowest BCUT2D eigenvalue weighted by molar-refractivity contribution is 0.277. The maximum atomic E-state index is 5.89. The summed E-state index contributed by atoms with van der Waals surface area (Å²) in [7, 11) is 0. The lowest BCUT2D eigenvalue weighted by Crippen LogP contribution is -2.25. The Bertz CT molecular complexity index is 453. The van der Waals surface area contributed by atoms with Crippen LogP contribution in [0.25, 0.3) is 0 Å². The summed E-state index contributed by atoms with van der Waals surface area (Å²) >= 11 is 7.42. The van der Waals surface area contributed by atoms with Gasteiger partial charge in [-0.25, -0.2) is 0 Å². The Balaban J connectivity index is 2.27. The van der Waals surface area contributed by atoms with Crippen molar-refractivity contribution in [3.63, 3.8) is 0 Å². The second-order valence-electron chi connectivity index (χ2n) is 5.92. The zero-order valence-electron chi connectivity index (χ0n) is 12.5. The fourth-order valence-electron chi connectivity index (χ4n) is 3.03. The molecule has 1 aromatic carbocycles. The van der Waals surface area contributed by atoms with Gasteiger partial charge in [0.25, 0.3) is 0 Å². The molecule has 3 heteroatoms. The highest BCUT2D eigenvalue weighted by Crippen LogP contribution is 2.41. The molecular weight excluding hydrogens is 380 g/mol. The van der Waals surface area contributed by atoms with Gasteiger partial charge in [0, 0.05) is 16.2 Å². The molecular formula is C17H24Br2O. The first kappa shape index (κ1) is 16.4. The van der Waals surface area contributed by atoms with Crippen LogP contribution < -0.4 is 4.74 Å². The summed E-state index contributed by atoms with van der Waals surface area (Å²) in [6.45, 7) is 5.42.